The molecule has 0 bridgehead atoms. The van der Waals surface area contributed by atoms with Crippen molar-refractivity contribution >= 4 is 16.8 Å². The minimum atomic E-state index is 0.00698. The average Bonchev–Trinajstić information content (AvgIpc) is 3.35. The molecule has 2 aromatic heterocycles. The van der Waals surface area contributed by atoms with Crippen LogP contribution >= 0.6 is 0 Å². The molecule has 0 atom stereocenters. The molecule has 4 rings (SSSR count). The smallest absolute Gasteiger partial charge is 0.270 e. The third-order valence-electron chi connectivity index (χ3n) is 4.83. The first-order valence-corrected chi connectivity index (χ1v) is 9.11. The number of benzene rings is 2. The summed E-state index contributed by atoms with van der Waals surface area (Å²) in [6.45, 7) is 2.62. The zero-order valence-corrected chi connectivity index (χ0v) is 15.5. The van der Waals surface area contributed by atoms with Gasteiger partial charge in [-0.1, -0.05) is 37.3 Å². The van der Waals surface area contributed by atoms with Crippen molar-refractivity contribution in [3.8, 4) is 5.69 Å². The van der Waals surface area contributed by atoms with E-state index in [1.54, 1.807) is 11.1 Å². The van der Waals surface area contributed by atoms with E-state index >= 15 is 0 Å². The number of amides is 1. The van der Waals surface area contributed by atoms with E-state index in [2.05, 4.69) is 29.1 Å². The van der Waals surface area contributed by atoms with Gasteiger partial charge in [0.2, 0.25) is 0 Å². The third kappa shape index (κ3) is 3.24. The van der Waals surface area contributed by atoms with Gasteiger partial charge in [0.05, 0.1) is 5.69 Å². The standard InChI is InChI=1S/C22H22N4O/c1-3-18-19-10-4-5-11-20(19)24-21(18)22(27)25(2)15-16-8-6-9-17(14-16)26-13-7-12-23-26/h4-14,24H,3,15H2,1-2H3. The SMILES string of the molecule is CCc1c(C(=O)N(C)Cc2cccc(-n3cccn3)c2)[nH]c2ccccc12. The Bertz CT molecular complexity index is 1080. The number of rotatable bonds is 5. The maximum absolute atomic E-state index is 13.1. The van der Waals surface area contributed by atoms with E-state index < -0.39 is 0 Å². The van der Waals surface area contributed by atoms with E-state index in [9.17, 15) is 4.79 Å². The Balaban J connectivity index is 1.59. The largest absolute Gasteiger partial charge is 0.350 e. The van der Waals surface area contributed by atoms with Gasteiger partial charge in [0.1, 0.15) is 5.69 Å². The lowest BCUT2D eigenvalue weighted by atomic mass is 10.1. The van der Waals surface area contributed by atoms with Crippen LogP contribution in [0.25, 0.3) is 16.6 Å². The van der Waals surface area contributed by atoms with Crippen LogP contribution < -0.4 is 0 Å². The molecule has 0 aliphatic rings. The van der Waals surface area contributed by atoms with Gasteiger partial charge in [-0.3, -0.25) is 4.79 Å². The summed E-state index contributed by atoms with van der Waals surface area (Å²) in [5, 5.41) is 5.39. The van der Waals surface area contributed by atoms with Crippen LogP contribution in [0.1, 0.15) is 28.5 Å². The van der Waals surface area contributed by atoms with Gasteiger partial charge in [-0.05, 0) is 41.8 Å². The third-order valence-corrected chi connectivity index (χ3v) is 4.83. The van der Waals surface area contributed by atoms with Crippen LogP contribution in [0.5, 0.6) is 0 Å². The summed E-state index contributed by atoms with van der Waals surface area (Å²) in [5.41, 5.74) is 4.81. The topological polar surface area (TPSA) is 53.9 Å². The highest BCUT2D eigenvalue weighted by Crippen LogP contribution is 2.24. The van der Waals surface area contributed by atoms with E-state index in [0.717, 1.165) is 34.1 Å². The number of nitrogens with zero attached hydrogens (tertiary/aromatic N) is 3. The van der Waals surface area contributed by atoms with Crippen molar-refractivity contribution in [1.82, 2.24) is 19.7 Å². The molecule has 0 aliphatic carbocycles. The Kier molecular flexibility index (Phi) is 4.50. The fraction of sp³-hybridized carbons (Fsp3) is 0.182. The van der Waals surface area contributed by atoms with Crippen molar-refractivity contribution in [2.24, 2.45) is 0 Å². The minimum Gasteiger partial charge on any atom is -0.350 e. The first-order valence-electron chi connectivity index (χ1n) is 9.11. The molecule has 2 aromatic carbocycles. The molecule has 0 unspecified atom stereocenters. The zero-order valence-electron chi connectivity index (χ0n) is 15.5. The Morgan fingerprint density at radius 1 is 1.15 bits per heavy atom. The molecule has 0 spiro atoms. The van der Waals surface area contributed by atoms with Crippen molar-refractivity contribution in [3.63, 3.8) is 0 Å². The number of para-hydroxylation sites is 1. The maximum atomic E-state index is 13.1. The minimum absolute atomic E-state index is 0.00698. The Morgan fingerprint density at radius 2 is 2.00 bits per heavy atom. The highest BCUT2D eigenvalue weighted by molar-refractivity contribution is 6.00. The molecule has 0 saturated heterocycles. The monoisotopic (exact) mass is 358 g/mol. The van der Waals surface area contributed by atoms with Gasteiger partial charge in [-0.2, -0.15) is 5.10 Å². The van der Waals surface area contributed by atoms with Crippen molar-refractivity contribution in [2.45, 2.75) is 19.9 Å². The summed E-state index contributed by atoms with van der Waals surface area (Å²) in [6, 6.07) is 18.0. The number of carbonyl (C=O) groups excluding carboxylic acids is 1. The number of H-pyrrole nitrogens is 1. The number of hydrogen-bond donors (Lipinski definition) is 1. The maximum Gasteiger partial charge on any atom is 0.270 e. The van der Waals surface area contributed by atoms with Gasteiger partial charge in [-0.15, -0.1) is 0 Å². The van der Waals surface area contributed by atoms with Gasteiger partial charge >= 0.3 is 0 Å². The Labute approximate surface area is 158 Å². The fourth-order valence-corrected chi connectivity index (χ4v) is 3.51. The van der Waals surface area contributed by atoms with E-state index in [4.69, 9.17) is 0 Å². The van der Waals surface area contributed by atoms with Crippen LogP contribution in [0.2, 0.25) is 0 Å². The van der Waals surface area contributed by atoms with Gasteiger partial charge in [0, 0.05) is 36.9 Å². The van der Waals surface area contributed by atoms with Crippen LogP contribution in [-0.2, 0) is 13.0 Å². The van der Waals surface area contributed by atoms with Crippen LogP contribution in [0.3, 0.4) is 0 Å². The highest BCUT2D eigenvalue weighted by Gasteiger charge is 2.20. The summed E-state index contributed by atoms with van der Waals surface area (Å²) in [6.07, 6.45) is 4.48. The average molecular weight is 358 g/mol. The summed E-state index contributed by atoms with van der Waals surface area (Å²) >= 11 is 0. The summed E-state index contributed by atoms with van der Waals surface area (Å²) < 4.78 is 1.82. The van der Waals surface area contributed by atoms with E-state index in [0.29, 0.717) is 12.2 Å². The number of aromatic amines is 1. The molecule has 0 fully saturated rings. The van der Waals surface area contributed by atoms with E-state index in [1.165, 1.54) is 0 Å². The number of hydrogen-bond acceptors (Lipinski definition) is 2. The lowest BCUT2D eigenvalue weighted by Crippen LogP contribution is -2.27. The van der Waals surface area contributed by atoms with Gasteiger partial charge in [0.15, 0.2) is 0 Å². The highest BCUT2D eigenvalue weighted by atomic mass is 16.2. The van der Waals surface area contributed by atoms with Crippen molar-refractivity contribution in [1.29, 1.82) is 0 Å². The molecule has 5 nitrogen and oxygen atoms in total. The molecular weight excluding hydrogens is 336 g/mol. The van der Waals surface area contributed by atoms with Gasteiger partial charge < -0.3 is 9.88 Å². The molecular formula is C22H22N4O. The predicted octanol–water partition coefficient (Wildman–Crippen LogP) is 4.19. The van der Waals surface area contributed by atoms with Gasteiger partial charge in [0.25, 0.3) is 5.91 Å². The molecule has 0 saturated carbocycles. The second-order valence-electron chi connectivity index (χ2n) is 6.66. The van der Waals surface area contributed by atoms with Crippen LogP contribution in [-0.4, -0.2) is 32.6 Å². The second kappa shape index (κ2) is 7.11. The molecule has 0 radical (unpaired) electrons. The lowest BCUT2D eigenvalue weighted by Gasteiger charge is -2.18. The van der Waals surface area contributed by atoms with E-state index in [1.807, 2.05) is 60.4 Å². The first kappa shape index (κ1) is 17.1. The predicted molar refractivity (Wildman–Crippen MR) is 107 cm³/mol. The molecule has 1 N–H and O–H groups in total. The molecule has 27 heavy (non-hydrogen) atoms. The number of nitrogens with one attached hydrogen (secondary N) is 1. The molecule has 1 amide bonds. The Hall–Kier alpha value is -3.34. The number of aryl methyl sites for hydroxylation is 1. The quantitative estimate of drug-likeness (QED) is 0.582. The molecule has 0 aliphatic heterocycles. The van der Waals surface area contributed by atoms with Crippen LogP contribution in [0.15, 0.2) is 67.0 Å². The summed E-state index contributed by atoms with van der Waals surface area (Å²) in [5.74, 6) is 0.00698. The second-order valence-corrected chi connectivity index (χ2v) is 6.66. The zero-order chi connectivity index (χ0) is 18.8. The number of aromatic nitrogens is 3. The molecule has 5 heteroatoms. The van der Waals surface area contributed by atoms with E-state index in [-0.39, 0.29) is 5.91 Å². The first-order chi connectivity index (χ1) is 13.2. The van der Waals surface area contributed by atoms with Crippen molar-refractivity contribution in [2.75, 3.05) is 7.05 Å². The normalized spacial score (nSPS) is 11.0. The van der Waals surface area contributed by atoms with Gasteiger partial charge in [-0.25, -0.2) is 4.68 Å². The molecule has 2 heterocycles. The number of fused-ring (bicyclic) bond motifs is 1. The molecule has 136 valence electrons. The van der Waals surface area contributed by atoms with Crippen LogP contribution in [0.4, 0.5) is 0 Å². The Morgan fingerprint density at radius 3 is 2.78 bits per heavy atom. The van der Waals surface area contributed by atoms with Crippen molar-refractivity contribution in [3.05, 3.63) is 83.8 Å². The summed E-state index contributed by atoms with van der Waals surface area (Å²) in [7, 11) is 1.84. The summed E-state index contributed by atoms with van der Waals surface area (Å²) in [4.78, 5) is 18.2. The fourth-order valence-electron chi connectivity index (χ4n) is 3.51. The molecule has 4 aromatic rings. The van der Waals surface area contributed by atoms with Crippen molar-refractivity contribution < 1.29 is 4.79 Å². The number of carbonyl (C=O) groups is 1. The lowest BCUT2D eigenvalue weighted by molar-refractivity contribution is 0.0779. The van der Waals surface area contributed by atoms with Crippen LogP contribution in [0, 0.1) is 0 Å².